The van der Waals surface area contributed by atoms with Crippen molar-refractivity contribution in [1.82, 2.24) is 20.6 Å². The van der Waals surface area contributed by atoms with Gasteiger partial charge in [0, 0.05) is 36.1 Å². The molecule has 8 heteroatoms. The number of rotatable bonds is 3. The molecule has 1 aromatic heterocycles. The summed E-state index contributed by atoms with van der Waals surface area (Å²) < 4.78 is 14.5. The Morgan fingerprint density at radius 2 is 1.93 bits per heavy atom. The van der Waals surface area contributed by atoms with Crippen molar-refractivity contribution in [1.29, 1.82) is 0 Å². The lowest BCUT2D eigenvalue weighted by Crippen LogP contribution is -2.19. The number of benzene rings is 2. The van der Waals surface area contributed by atoms with Gasteiger partial charge in [-0.05, 0) is 42.3 Å². The lowest BCUT2D eigenvalue weighted by Gasteiger charge is -2.11. The molecule has 28 heavy (non-hydrogen) atoms. The number of nitrogens with one attached hydrogen (secondary N) is 3. The molecule has 0 spiro atoms. The summed E-state index contributed by atoms with van der Waals surface area (Å²) in [6.07, 6.45) is 0. The number of anilines is 1. The Labute approximate surface area is 160 Å². The minimum Gasteiger partial charge on any atom is -0.399 e. The van der Waals surface area contributed by atoms with Crippen molar-refractivity contribution in [2.24, 2.45) is 0 Å². The fraction of sp³-hybridized carbons (Fsp3) is 0.150. The number of aromatic amines is 1. The van der Waals surface area contributed by atoms with E-state index in [1.807, 2.05) is 0 Å². The highest BCUT2D eigenvalue weighted by molar-refractivity contribution is 6.06. The predicted molar refractivity (Wildman–Crippen MR) is 103 cm³/mol. The van der Waals surface area contributed by atoms with Crippen LogP contribution in [-0.4, -0.2) is 28.8 Å². The summed E-state index contributed by atoms with van der Waals surface area (Å²) in [6, 6.07) is 7.94. The standard InChI is InChI=1S/C20H18FN5O2/c1-9-17(20(28)23-2)26-18(25-9)13-6-5-11(14-8-24-19(27)16(13)14)12-4-3-10(22)7-15(12)21/h3-7H,8,22H2,1-2H3,(H,23,28)(H,24,27)(H,25,26). The fourth-order valence-electron chi connectivity index (χ4n) is 3.47. The van der Waals surface area contributed by atoms with Crippen molar-refractivity contribution in [3.05, 3.63) is 58.7 Å². The minimum atomic E-state index is -0.454. The molecule has 3 aromatic rings. The number of nitrogens with two attached hydrogens (primary N) is 1. The largest absolute Gasteiger partial charge is 0.399 e. The van der Waals surface area contributed by atoms with Gasteiger partial charge in [0.15, 0.2) is 0 Å². The topological polar surface area (TPSA) is 113 Å². The number of imidazole rings is 1. The van der Waals surface area contributed by atoms with Gasteiger partial charge in [-0.1, -0.05) is 6.07 Å². The number of aromatic nitrogens is 2. The molecule has 0 saturated carbocycles. The Morgan fingerprint density at radius 3 is 2.64 bits per heavy atom. The number of halogens is 1. The number of aryl methyl sites for hydroxylation is 1. The van der Waals surface area contributed by atoms with E-state index in [1.165, 1.54) is 13.1 Å². The molecule has 0 bridgehead atoms. The van der Waals surface area contributed by atoms with E-state index in [0.717, 1.165) is 0 Å². The third kappa shape index (κ3) is 2.70. The van der Waals surface area contributed by atoms with E-state index < -0.39 is 5.82 Å². The van der Waals surface area contributed by atoms with Crippen LogP contribution in [0.5, 0.6) is 0 Å². The highest BCUT2D eigenvalue weighted by Gasteiger charge is 2.29. The number of hydrogen-bond acceptors (Lipinski definition) is 4. The number of amides is 2. The third-order valence-electron chi connectivity index (χ3n) is 4.83. The van der Waals surface area contributed by atoms with Gasteiger partial charge < -0.3 is 21.4 Å². The maximum absolute atomic E-state index is 14.5. The average molecular weight is 379 g/mol. The van der Waals surface area contributed by atoms with E-state index in [9.17, 15) is 14.0 Å². The van der Waals surface area contributed by atoms with Gasteiger partial charge in [0.1, 0.15) is 17.3 Å². The van der Waals surface area contributed by atoms with Crippen LogP contribution >= 0.6 is 0 Å². The molecule has 0 unspecified atom stereocenters. The first-order valence-corrected chi connectivity index (χ1v) is 8.69. The molecule has 1 aliphatic heterocycles. The highest BCUT2D eigenvalue weighted by Crippen LogP contribution is 2.36. The van der Waals surface area contributed by atoms with Gasteiger partial charge in [0.25, 0.3) is 11.8 Å². The highest BCUT2D eigenvalue weighted by atomic mass is 19.1. The number of carbonyl (C=O) groups is 2. The molecule has 0 aliphatic carbocycles. The molecule has 7 nitrogen and oxygen atoms in total. The van der Waals surface area contributed by atoms with Crippen LogP contribution in [0.4, 0.5) is 10.1 Å². The first-order chi connectivity index (χ1) is 13.4. The van der Waals surface area contributed by atoms with Crippen LogP contribution in [0.2, 0.25) is 0 Å². The zero-order chi connectivity index (χ0) is 20.0. The van der Waals surface area contributed by atoms with Crippen molar-refractivity contribution < 1.29 is 14.0 Å². The van der Waals surface area contributed by atoms with Crippen molar-refractivity contribution in [2.75, 3.05) is 12.8 Å². The fourth-order valence-corrected chi connectivity index (χ4v) is 3.47. The maximum atomic E-state index is 14.5. The second-order valence-corrected chi connectivity index (χ2v) is 6.57. The van der Waals surface area contributed by atoms with Gasteiger partial charge in [-0.3, -0.25) is 9.59 Å². The first kappa shape index (κ1) is 17.7. The van der Waals surface area contributed by atoms with Gasteiger partial charge >= 0.3 is 0 Å². The van der Waals surface area contributed by atoms with Crippen LogP contribution in [0.25, 0.3) is 22.5 Å². The van der Waals surface area contributed by atoms with Gasteiger partial charge in [-0.25, -0.2) is 9.37 Å². The molecule has 0 fully saturated rings. The Morgan fingerprint density at radius 1 is 1.21 bits per heavy atom. The second-order valence-electron chi connectivity index (χ2n) is 6.57. The van der Waals surface area contributed by atoms with Crippen LogP contribution in [0.3, 0.4) is 0 Å². The lowest BCUT2D eigenvalue weighted by atomic mass is 9.92. The lowest BCUT2D eigenvalue weighted by molar-refractivity contribution is 0.0953. The number of nitrogens with zero attached hydrogens (tertiary/aromatic N) is 1. The summed E-state index contributed by atoms with van der Waals surface area (Å²) in [7, 11) is 1.53. The molecule has 5 N–H and O–H groups in total. The van der Waals surface area contributed by atoms with Crippen molar-refractivity contribution in [3.63, 3.8) is 0 Å². The van der Waals surface area contributed by atoms with Crippen molar-refractivity contribution >= 4 is 17.5 Å². The Bertz CT molecular complexity index is 1140. The van der Waals surface area contributed by atoms with E-state index in [0.29, 0.717) is 45.0 Å². The van der Waals surface area contributed by atoms with Crippen LogP contribution in [-0.2, 0) is 6.54 Å². The summed E-state index contributed by atoms with van der Waals surface area (Å²) in [5, 5.41) is 5.32. The summed E-state index contributed by atoms with van der Waals surface area (Å²) in [4.78, 5) is 31.9. The summed E-state index contributed by atoms with van der Waals surface area (Å²) >= 11 is 0. The number of carbonyl (C=O) groups excluding carboxylic acids is 2. The van der Waals surface area contributed by atoms with Crippen LogP contribution < -0.4 is 16.4 Å². The van der Waals surface area contributed by atoms with Crippen molar-refractivity contribution in [2.45, 2.75) is 13.5 Å². The van der Waals surface area contributed by atoms with Crippen molar-refractivity contribution in [3.8, 4) is 22.5 Å². The molecule has 0 atom stereocenters. The first-order valence-electron chi connectivity index (χ1n) is 8.69. The number of hydrogen-bond donors (Lipinski definition) is 4. The maximum Gasteiger partial charge on any atom is 0.271 e. The monoisotopic (exact) mass is 379 g/mol. The number of H-pyrrole nitrogens is 1. The van der Waals surface area contributed by atoms with E-state index in [2.05, 4.69) is 20.6 Å². The predicted octanol–water partition coefficient (Wildman–Crippen LogP) is 2.38. The Kier molecular flexibility index (Phi) is 4.11. The molecule has 4 rings (SSSR count). The SMILES string of the molecule is CNC(=O)c1nc(-c2ccc(-c3ccc(N)cc3F)c3c2C(=O)NC3)[nH]c1C. The van der Waals surface area contributed by atoms with Gasteiger partial charge in [0.05, 0.1) is 5.56 Å². The van der Waals surface area contributed by atoms with Crippen LogP contribution in [0.15, 0.2) is 30.3 Å². The van der Waals surface area contributed by atoms with Crippen LogP contribution in [0.1, 0.15) is 32.1 Å². The molecule has 0 saturated heterocycles. The molecule has 0 radical (unpaired) electrons. The molecule has 1 aliphatic rings. The summed E-state index contributed by atoms with van der Waals surface area (Å²) in [5.41, 5.74) is 9.47. The van der Waals surface area contributed by atoms with E-state index in [4.69, 9.17) is 5.73 Å². The molecule has 2 amide bonds. The average Bonchev–Trinajstić information content (AvgIpc) is 3.24. The molecule has 142 valence electrons. The number of nitrogen functional groups attached to an aromatic ring is 1. The van der Waals surface area contributed by atoms with E-state index >= 15 is 0 Å². The molecular weight excluding hydrogens is 361 g/mol. The van der Waals surface area contributed by atoms with E-state index in [-0.39, 0.29) is 24.1 Å². The Hall–Kier alpha value is -3.68. The Balaban J connectivity index is 1.89. The molecule has 2 heterocycles. The smallest absolute Gasteiger partial charge is 0.271 e. The minimum absolute atomic E-state index is 0.262. The summed E-state index contributed by atoms with van der Waals surface area (Å²) in [5.74, 6) is -0.626. The second kappa shape index (κ2) is 6.49. The normalized spacial score (nSPS) is 12.6. The molecular formula is C20H18FN5O2. The third-order valence-corrected chi connectivity index (χ3v) is 4.83. The summed E-state index contributed by atoms with van der Waals surface area (Å²) in [6.45, 7) is 2.02. The van der Waals surface area contributed by atoms with Crippen LogP contribution in [0, 0.1) is 12.7 Å². The zero-order valence-corrected chi connectivity index (χ0v) is 15.3. The van der Waals surface area contributed by atoms with Gasteiger partial charge in [0.2, 0.25) is 0 Å². The number of fused-ring (bicyclic) bond motifs is 1. The quantitative estimate of drug-likeness (QED) is 0.523. The zero-order valence-electron chi connectivity index (χ0n) is 15.3. The van der Waals surface area contributed by atoms with E-state index in [1.54, 1.807) is 31.2 Å². The van der Waals surface area contributed by atoms with Gasteiger partial charge in [-0.2, -0.15) is 0 Å². The molecule has 2 aromatic carbocycles. The van der Waals surface area contributed by atoms with Gasteiger partial charge in [-0.15, -0.1) is 0 Å².